The Labute approximate surface area is 111 Å². The topological polar surface area (TPSA) is 16.1 Å². The predicted molar refractivity (Wildman–Crippen MR) is 72.6 cm³/mol. The molecule has 2 aromatic rings. The van der Waals surface area contributed by atoms with Gasteiger partial charge < -0.3 is 4.90 Å². The van der Waals surface area contributed by atoms with Crippen LogP contribution in [0.1, 0.15) is 5.56 Å². The highest BCUT2D eigenvalue weighted by molar-refractivity contribution is 6.29. The maximum absolute atomic E-state index is 12.8. The lowest BCUT2D eigenvalue weighted by atomic mass is 10.1. The zero-order valence-electron chi connectivity index (χ0n) is 10.1. The maximum Gasteiger partial charge on any atom is 0.131 e. The third kappa shape index (κ3) is 3.44. The first kappa shape index (κ1) is 12.8. The fourth-order valence-corrected chi connectivity index (χ4v) is 1.87. The molecule has 2 rings (SSSR count). The van der Waals surface area contributed by atoms with Crippen molar-refractivity contribution in [3.63, 3.8) is 0 Å². The molecule has 0 unspecified atom stereocenters. The Bertz CT molecular complexity index is 513. The second-order valence-electron chi connectivity index (χ2n) is 4.13. The van der Waals surface area contributed by atoms with Crippen molar-refractivity contribution in [1.29, 1.82) is 0 Å². The molecule has 1 aromatic heterocycles. The van der Waals surface area contributed by atoms with E-state index in [0.29, 0.717) is 5.15 Å². The quantitative estimate of drug-likeness (QED) is 0.785. The third-order valence-corrected chi connectivity index (χ3v) is 3.01. The van der Waals surface area contributed by atoms with E-state index in [2.05, 4.69) is 9.88 Å². The van der Waals surface area contributed by atoms with Crippen molar-refractivity contribution < 1.29 is 4.39 Å². The highest BCUT2D eigenvalue weighted by Crippen LogP contribution is 2.16. The number of aromatic nitrogens is 1. The van der Waals surface area contributed by atoms with E-state index in [1.54, 1.807) is 6.20 Å². The molecule has 94 valence electrons. The van der Waals surface area contributed by atoms with Crippen LogP contribution in [0.25, 0.3) is 0 Å². The monoisotopic (exact) mass is 264 g/mol. The number of rotatable bonds is 4. The summed E-state index contributed by atoms with van der Waals surface area (Å²) in [5.74, 6) is -0.201. The number of likely N-dealkylation sites (N-methyl/N-ethyl adjacent to an activating group) is 1. The van der Waals surface area contributed by atoms with Crippen molar-refractivity contribution in [2.75, 3.05) is 18.5 Å². The van der Waals surface area contributed by atoms with Crippen LogP contribution in [0.15, 0.2) is 42.6 Å². The lowest BCUT2D eigenvalue weighted by Gasteiger charge is -2.19. The average molecular weight is 265 g/mol. The molecule has 18 heavy (non-hydrogen) atoms. The molecule has 2 nitrogen and oxygen atoms in total. The Hall–Kier alpha value is -1.61. The van der Waals surface area contributed by atoms with E-state index in [0.717, 1.165) is 24.2 Å². The minimum atomic E-state index is -0.201. The number of pyridine rings is 1. The number of nitrogens with zero attached hydrogens (tertiary/aromatic N) is 2. The maximum atomic E-state index is 12.8. The van der Waals surface area contributed by atoms with Gasteiger partial charge in [-0.3, -0.25) is 0 Å². The number of hydrogen-bond acceptors (Lipinski definition) is 2. The van der Waals surface area contributed by atoms with Crippen LogP contribution in [0, 0.1) is 5.82 Å². The van der Waals surface area contributed by atoms with Gasteiger partial charge in [-0.25, -0.2) is 9.37 Å². The fourth-order valence-electron chi connectivity index (χ4n) is 1.71. The smallest absolute Gasteiger partial charge is 0.131 e. The van der Waals surface area contributed by atoms with Gasteiger partial charge in [0.2, 0.25) is 0 Å². The van der Waals surface area contributed by atoms with Crippen molar-refractivity contribution in [2.45, 2.75) is 6.42 Å². The molecule has 1 heterocycles. The molecule has 0 fully saturated rings. The van der Waals surface area contributed by atoms with Gasteiger partial charge in [-0.1, -0.05) is 23.7 Å². The zero-order chi connectivity index (χ0) is 13.0. The molecule has 0 aliphatic rings. The molecule has 0 aliphatic heterocycles. The van der Waals surface area contributed by atoms with Crippen molar-refractivity contribution >= 4 is 17.3 Å². The van der Waals surface area contributed by atoms with Crippen LogP contribution in [0.5, 0.6) is 0 Å². The van der Waals surface area contributed by atoms with Crippen molar-refractivity contribution in [3.05, 3.63) is 59.1 Å². The highest BCUT2D eigenvalue weighted by Gasteiger charge is 2.02. The molecular weight excluding hydrogens is 251 g/mol. The van der Waals surface area contributed by atoms with Gasteiger partial charge >= 0.3 is 0 Å². The van der Waals surface area contributed by atoms with E-state index in [-0.39, 0.29) is 5.82 Å². The van der Waals surface area contributed by atoms with Gasteiger partial charge in [0.15, 0.2) is 0 Å². The largest absolute Gasteiger partial charge is 0.374 e. The van der Waals surface area contributed by atoms with E-state index < -0.39 is 0 Å². The summed E-state index contributed by atoms with van der Waals surface area (Å²) in [5, 5.41) is 0.487. The highest BCUT2D eigenvalue weighted by atomic mass is 35.5. The van der Waals surface area contributed by atoms with Gasteiger partial charge in [0, 0.05) is 25.5 Å². The molecule has 0 bridgehead atoms. The SMILES string of the molecule is CN(CCc1ccc(F)cc1)c1ccnc(Cl)c1. The van der Waals surface area contributed by atoms with Crippen LogP contribution in [-0.2, 0) is 6.42 Å². The Morgan fingerprint density at radius 3 is 2.61 bits per heavy atom. The van der Waals surface area contributed by atoms with Gasteiger partial charge in [0.25, 0.3) is 0 Å². The van der Waals surface area contributed by atoms with Crippen molar-refractivity contribution in [1.82, 2.24) is 4.98 Å². The second kappa shape index (κ2) is 5.83. The molecular formula is C14H14ClFN2. The van der Waals surface area contributed by atoms with Gasteiger partial charge in [-0.05, 0) is 36.2 Å². The summed E-state index contributed by atoms with van der Waals surface area (Å²) >= 11 is 5.84. The molecule has 0 atom stereocenters. The predicted octanol–water partition coefficient (Wildman–Crippen LogP) is 3.55. The summed E-state index contributed by atoms with van der Waals surface area (Å²) in [6, 6.07) is 10.3. The first-order chi connectivity index (χ1) is 8.65. The molecule has 0 aliphatic carbocycles. The second-order valence-corrected chi connectivity index (χ2v) is 4.52. The molecule has 0 amide bonds. The van der Waals surface area contributed by atoms with Crippen LogP contribution in [0.2, 0.25) is 5.15 Å². The standard InChI is InChI=1S/C14H14ClFN2/c1-18(13-6-8-17-14(15)10-13)9-7-11-2-4-12(16)5-3-11/h2-6,8,10H,7,9H2,1H3. The van der Waals surface area contributed by atoms with Crippen molar-refractivity contribution in [3.8, 4) is 0 Å². The van der Waals surface area contributed by atoms with Gasteiger partial charge in [-0.15, -0.1) is 0 Å². The van der Waals surface area contributed by atoms with E-state index in [1.807, 2.05) is 31.3 Å². The minimum absolute atomic E-state index is 0.201. The van der Waals surface area contributed by atoms with Gasteiger partial charge in [0.05, 0.1) is 0 Å². The summed E-state index contributed by atoms with van der Waals surface area (Å²) in [5.41, 5.74) is 2.14. The number of anilines is 1. The summed E-state index contributed by atoms with van der Waals surface area (Å²) in [7, 11) is 2.00. The van der Waals surface area contributed by atoms with E-state index in [9.17, 15) is 4.39 Å². The molecule has 1 aromatic carbocycles. The van der Waals surface area contributed by atoms with Crippen LogP contribution in [0.4, 0.5) is 10.1 Å². The zero-order valence-corrected chi connectivity index (χ0v) is 10.9. The molecule has 0 radical (unpaired) electrons. The first-order valence-electron chi connectivity index (χ1n) is 5.72. The van der Waals surface area contributed by atoms with E-state index in [4.69, 9.17) is 11.6 Å². The average Bonchev–Trinajstić information content (AvgIpc) is 2.38. The minimum Gasteiger partial charge on any atom is -0.374 e. The first-order valence-corrected chi connectivity index (χ1v) is 6.10. The van der Waals surface area contributed by atoms with Crippen LogP contribution in [0.3, 0.4) is 0 Å². The molecule has 0 saturated carbocycles. The van der Waals surface area contributed by atoms with Crippen LogP contribution < -0.4 is 4.90 Å². The van der Waals surface area contributed by atoms with Gasteiger partial charge in [0.1, 0.15) is 11.0 Å². The van der Waals surface area contributed by atoms with Crippen LogP contribution >= 0.6 is 11.6 Å². The summed E-state index contributed by atoms with van der Waals surface area (Å²) in [6.45, 7) is 0.839. The van der Waals surface area contributed by atoms with Crippen LogP contribution in [-0.4, -0.2) is 18.6 Å². The fraction of sp³-hybridized carbons (Fsp3) is 0.214. The third-order valence-electron chi connectivity index (χ3n) is 2.80. The normalized spacial score (nSPS) is 10.4. The molecule has 0 spiro atoms. The summed E-state index contributed by atoms with van der Waals surface area (Å²) in [6.07, 6.45) is 2.54. The Morgan fingerprint density at radius 1 is 1.22 bits per heavy atom. The summed E-state index contributed by atoms with van der Waals surface area (Å²) in [4.78, 5) is 6.04. The Morgan fingerprint density at radius 2 is 1.94 bits per heavy atom. The molecule has 4 heteroatoms. The lowest BCUT2D eigenvalue weighted by molar-refractivity contribution is 0.627. The van der Waals surface area contributed by atoms with Gasteiger partial charge in [-0.2, -0.15) is 0 Å². The summed E-state index contributed by atoms with van der Waals surface area (Å²) < 4.78 is 12.8. The number of hydrogen-bond donors (Lipinski definition) is 0. The number of halogens is 2. The molecule has 0 N–H and O–H groups in total. The Kier molecular flexibility index (Phi) is 4.15. The number of benzene rings is 1. The Balaban J connectivity index is 1.96. The van der Waals surface area contributed by atoms with Crippen molar-refractivity contribution in [2.24, 2.45) is 0 Å². The lowest BCUT2D eigenvalue weighted by Crippen LogP contribution is -2.20. The van der Waals surface area contributed by atoms with E-state index >= 15 is 0 Å². The van der Waals surface area contributed by atoms with E-state index in [1.165, 1.54) is 12.1 Å². The molecule has 0 saturated heterocycles.